The normalized spacial score (nSPS) is 38.6. The topological polar surface area (TPSA) is 58.6 Å². The first kappa shape index (κ1) is 23.4. The third-order valence-corrected chi connectivity index (χ3v) is 10.4. The van der Waals surface area contributed by atoms with Gasteiger partial charge < -0.3 is 15.0 Å². The molecule has 5 rings (SSSR count). The summed E-state index contributed by atoms with van der Waals surface area (Å²) in [6, 6.07) is 8.23. The second-order valence-electron chi connectivity index (χ2n) is 11.8. The van der Waals surface area contributed by atoms with Crippen LogP contribution in [-0.4, -0.2) is 36.9 Å². The number of hydrogen-bond donors (Lipinski definition) is 1. The van der Waals surface area contributed by atoms with Gasteiger partial charge in [-0.3, -0.25) is 9.59 Å². The van der Waals surface area contributed by atoms with E-state index in [0.29, 0.717) is 42.7 Å². The summed E-state index contributed by atoms with van der Waals surface area (Å²) in [5.74, 6) is 3.64. The predicted octanol–water partition coefficient (Wildman–Crippen LogP) is 4.96. The molecule has 4 aliphatic rings. The lowest BCUT2D eigenvalue weighted by Crippen LogP contribution is -2.59. The van der Waals surface area contributed by atoms with Crippen LogP contribution in [-0.2, 0) is 16.1 Å². The molecule has 3 saturated carbocycles. The number of nitrogens with one attached hydrogen (secondary N) is 1. The van der Waals surface area contributed by atoms with Gasteiger partial charge in [0.2, 0.25) is 11.8 Å². The molecule has 7 atom stereocenters. The first-order valence-electron chi connectivity index (χ1n) is 13.1. The van der Waals surface area contributed by atoms with Crippen LogP contribution in [0.4, 0.5) is 0 Å². The molecule has 5 heteroatoms. The quantitative estimate of drug-likeness (QED) is 0.670. The van der Waals surface area contributed by atoms with Gasteiger partial charge in [-0.15, -0.1) is 0 Å². The van der Waals surface area contributed by atoms with Gasteiger partial charge in [-0.2, -0.15) is 0 Å². The fourth-order valence-corrected chi connectivity index (χ4v) is 8.46. The number of fused-ring (bicyclic) bond motifs is 5. The molecular weight excluding hydrogens is 424 g/mol. The fraction of sp³-hybridized carbons (Fsp3) is 0.655. The molecule has 0 radical (unpaired) electrons. The maximum atomic E-state index is 12.9. The smallest absolute Gasteiger partial charge is 0.246 e. The van der Waals surface area contributed by atoms with Crippen LogP contribution in [0.25, 0.3) is 0 Å². The zero-order valence-corrected chi connectivity index (χ0v) is 21.2. The van der Waals surface area contributed by atoms with Crippen molar-refractivity contribution >= 4 is 11.8 Å². The molecule has 2 amide bonds. The van der Waals surface area contributed by atoms with E-state index in [-0.39, 0.29) is 22.6 Å². The van der Waals surface area contributed by atoms with Crippen molar-refractivity contribution in [3.05, 3.63) is 42.0 Å². The molecule has 184 valence electrons. The molecule has 0 spiro atoms. The first-order valence-corrected chi connectivity index (χ1v) is 13.1. The number of carbonyl (C=O) groups is 2. The second-order valence-corrected chi connectivity index (χ2v) is 11.8. The van der Waals surface area contributed by atoms with Crippen molar-refractivity contribution in [1.82, 2.24) is 10.2 Å². The lowest BCUT2D eigenvalue weighted by Gasteiger charge is -2.60. The largest absolute Gasteiger partial charge is 0.497 e. The van der Waals surface area contributed by atoms with Crippen LogP contribution in [0.5, 0.6) is 5.75 Å². The maximum Gasteiger partial charge on any atom is 0.246 e. The van der Waals surface area contributed by atoms with Crippen LogP contribution in [0.15, 0.2) is 36.4 Å². The molecule has 1 aliphatic heterocycles. The molecule has 1 heterocycles. The minimum absolute atomic E-state index is 0.0824. The first-order chi connectivity index (χ1) is 16.3. The maximum absolute atomic E-state index is 12.9. The van der Waals surface area contributed by atoms with Crippen LogP contribution < -0.4 is 10.1 Å². The van der Waals surface area contributed by atoms with E-state index >= 15 is 0 Å². The Hall–Kier alpha value is -2.30. The average molecular weight is 465 g/mol. The molecule has 1 N–H and O–H groups in total. The third-order valence-electron chi connectivity index (χ3n) is 10.4. The minimum atomic E-state index is 0.0824. The van der Waals surface area contributed by atoms with Gasteiger partial charge in [-0.05, 0) is 91.4 Å². The van der Waals surface area contributed by atoms with Gasteiger partial charge in [-0.25, -0.2) is 0 Å². The number of methoxy groups -OCH3 is 1. The Balaban J connectivity index is 1.25. The van der Waals surface area contributed by atoms with Gasteiger partial charge >= 0.3 is 0 Å². The number of nitrogens with zero attached hydrogens (tertiary/aromatic N) is 1. The lowest BCUT2D eigenvalue weighted by atomic mass is 9.47. The van der Waals surface area contributed by atoms with Crippen LogP contribution in [0.2, 0.25) is 0 Å². The SMILES string of the molecule is COc1cccc(CNC(=O)C[C@H]2CC[C@H]3[C@@H]4CC[C@H]5N(C)C(=O)C=C[C@]5(C)[C@H]4CC[C@]23C)c1. The number of amides is 2. The summed E-state index contributed by atoms with van der Waals surface area (Å²) < 4.78 is 5.30. The van der Waals surface area contributed by atoms with E-state index < -0.39 is 0 Å². The van der Waals surface area contributed by atoms with Gasteiger partial charge in [0.15, 0.2) is 0 Å². The molecule has 0 unspecified atom stereocenters. The van der Waals surface area contributed by atoms with Crippen LogP contribution in [0.3, 0.4) is 0 Å². The minimum Gasteiger partial charge on any atom is -0.497 e. The van der Waals surface area contributed by atoms with Gasteiger partial charge in [-0.1, -0.05) is 32.1 Å². The molecule has 5 nitrogen and oxygen atoms in total. The van der Waals surface area contributed by atoms with Gasteiger partial charge in [0.25, 0.3) is 0 Å². The summed E-state index contributed by atoms with van der Waals surface area (Å²) >= 11 is 0. The number of likely N-dealkylation sites (N-methyl/N-ethyl adjacent to an activating group) is 1. The highest BCUT2D eigenvalue weighted by molar-refractivity contribution is 5.89. The highest BCUT2D eigenvalue weighted by Crippen LogP contribution is 2.65. The van der Waals surface area contributed by atoms with Gasteiger partial charge in [0, 0.05) is 31.5 Å². The van der Waals surface area contributed by atoms with Crippen molar-refractivity contribution in [2.75, 3.05) is 14.2 Å². The zero-order valence-electron chi connectivity index (χ0n) is 21.2. The number of rotatable bonds is 5. The fourth-order valence-electron chi connectivity index (χ4n) is 8.46. The summed E-state index contributed by atoms with van der Waals surface area (Å²) in [7, 11) is 3.65. The Morgan fingerprint density at radius 3 is 2.76 bits per heavy atom. The lowest BCUT2D eigenvalue weighted by molar-refractivity contribution is -0.139. The molecule has 34 heavy (non-hydrogen) atoms. The molecule has 0 saturated heterocycles. The van der Waals surface area contributed by atoms with E-state index in [1.807, 2.05) is 42.3 Å². The molecule has 0 aromatic heterocycles. The Kier molecular flexibility index (Phi) is 6.02. The predicted molar refractivity (Wildman–Crippen MR) is 133 cm³/mol. The van der Waals surface area contributed by atoms with E-state index in [9.17, 15) is 9.59 Å². The summed E-state index contributed by atoms with van der Waals surface area (Å²) in [5.41, 5.74) is 1.40. The summed E-state index contributed by atoms with van der Waals surface area (Å²) in [5, 5.41) is 3.16. The van der Waals surface area contributed by atoms with Crippen LogP contribution in [0, 0.1) is 34.5 Å². The van der Waals surface area contributed by atoms with Crippen molar-refractivity contribution in [3.8, 4) is 5.75 Å². The van der Waals surface area contributed by atoms with Crippen molar-refractivity contribution < 1.29 is 14.3 Å². The van der Waals surface area contributed by atoms with Gasteiger partial charge in [0.1, 0.15) is 5.75 Å². The van der Waals surface area contributed by atoms with Crippen LogP contribution in [0.1, 0.15) is 64.4 Å². The standard InChI is InChI=1S/C29H40N2O3/c1-28-14-12-24-22(9-11-25-29(24,2)15-13-27(33)31(25)3)23(28)10-8-20(28)17-26(32)30-18-19-6-5-7-21(16-19)34-4/h5-7,13,15-16,20,22-25H,8-12,14,17-18H2,1-4H3,(H,30,32)/t20-,22+,23+,24+,25-,28-,29-/m1/s1. The van der Waals surface area contributed by atoms with E-state index in [4.69, 9.17) is 4.74 Å². The van der Waals surface area contributed by atoms with Crippen molar-refractivity contribution in [2.45, 2.75) is 71.4 Å². The van der Waals surface area contributed by atoms with E-state index in [0.717, 1.165) is 24.2 Å². The number of benzene rings is 1. The van der Waals surface area contributed by atoms with E-state index in [1.165, 1.54) is 25.7 Å². The Morgan fingerprint density at radius 2 is 1.97 bits per heavy atom. The summed E-state index contributed by atoms with van der Waals surface area (Å²) in [6.45, 7) is 5.42. The second kappa shape index (κ2) is 8.73. The molecule has 3 fully saturated rings. The average Bonchev–Trinajstić information content (AvgIpc) is 3.16. The van der Waals surface area contributed by atoms with E-state index in [2.05, 4.69) is 25.2 Å². The number of carbonyl (C=O) groups excluding carboxylic acids is 2. The van der Waals surface area contributed by atoms with E-state index in [1.54, 1.807) is 7.11 Å². The molecule has 3 aliphatic carbocycles. The molecular formula is C29H40N2O3. The van der Waals surface area contributed by atoms with Crippen molar-refractivity contribution in [1.29, 1.82) is 0 Å². The van der Waals surface area contributed by atoms with Crippen LogP contribution >= 0.6 is 0 Å². The monoisotopic (exact) mass is 464 g/mol. The number of hydrogen-bond acceptors (Lipinski definition) is 3. The summed E-state index contributed by atoms with van der Waals surface area (Å²) in [6.07, 6.45) is 11.8. The van der Waals surface area contributed by atoms with Crippen molar-refractivity contribution in [3.63, 3.8) is 0 Å². The van der Waals surface area contributed by atoms with Crippen molar-refractivity contribution in [2.24, 2.45) is 34.5 Å². The Morgan fingerprint density at radius 1 is 1.15 bits per heavy atom. The highest BCUT2D eigenvalue weighted by atomic mass is 16.5. The number of ether oxygens (including phenoxy) is 1. The summed E-state index contributed by atoms with van der Waals surface area (Å²) in [4.78, 5) is 27.2. The molecule has 1 aromatic rings. The Labute approximate surface area is 204 Å². The molecule has 0 bridgehead atoms. The van der Waals surface area contributed by atoms with Gasteiger partial charge in [0.05, 0.1) is 7.11 Å². The Bertz CT molecular complexity index is 989. The molecule has 1 aromatic carbocycles. The zero-order chi connectivity index (χ0) is 24.1. The third kappa shape index (κ3) is 3.76. The highest BCUT2D eigenvalue weighted by Gasteiger charge is 2.60.